The minimum absolute atomic E-state index is 0.118. The van der Waals surface area contributed by atoms with Crippen molar-refractivity contribution in [2.45, 2.75) is 37.4 Å². The molecule has 4 nitrogen and oxygen atoms in total. The first-order valence-electron chi connectivity index (χ1n) is 7.31. The molecule has 0 aliphatic carbocycles. The Morgan fingerprint density at radius 3 is 2.24 bits per heavy atom. The maximum absolute atomic E-state index is 12.7. The molecular formula is C15H15F6NO3. The van der Waals surface area contributed by atoms with Crippen LogP contribution in [-0.4, -0.2) is 47.1 Å². The Hall–Kier alpha value is -1.97. The molecular weight excluding hydrogens is 356 g/mol. The van der Waals surface area contributed by atoms with E-state index < -0.39 is 42.8 Å². The molecule has 0 saturated carbocycles. The van der Waals surface area contributed by atoms with Gasteiger partial charge in [-0.05, 0) is 24.1 Å². The zero-order valence-electron chi connectivity index (χ0n) is 12.8. The Morgan fingerprint density at radius 1 is 1.16 bits per heavy atom. The Morgan fingerprint density at radius 2 is 1.76 bits per heavy atom. The van der Waals surface area contributed by atoms with Gasteiger partial charge in [-0.1, -0.05) is 12.1 Å². The number of aryl methyl sites for hydroxylation is 1. The Balaban J connectivity index is 1.87. The van der Waals surface area contributed by atoms with Gasteiger partial charge in [-0.25, -0.2) is 0 Å². The third kappa shape index (κ3) is 5.00. The molecule has 0 aromatic heterocycles. The molecule has 1 saturated heterocycles. The summed E-state index contributed by atoms with van der Waals surface area (Å²) in [5.74, 6) is -0.965. The maximum Gasteiger partial charge on any atom is 0.573 e. The number of β-amino-alcohol motifs (C(OH)–C–C–N with tert-alkyl or cyclic N) is 1. The van der Waals surface area contributed by atoms with Crippen LogP contribution < -0.4 is 4.74 Å². The van der Waals surface area contributed by atoms with Crippen LogP contribution in [0, 0.1) is 0 Å². The van der Waals surface area contributed by atoms with Crippen molar-refractivity contribution < 1.29 is 41.0 Å². The fourth-order valence-corrected chi connectivity index (χ4v) is 2.51. The van der Waals surface area contributed by atoms with Crippen molar-refractivity contribution in [2.24, 2.45) is 0 Å². The first-order chi connectivity index (χ1) is 11.4. The van der Waals surface area contributed by atoms with Crippen LogP contribution in [0.3, 0.4) is 0 Å². The molecule has 1 fully saturated rings. The molecule has 1 aliphatic rings. The highest BCUT2D eigenvalue weighted by Crippen LogP contribution is 2.37. The van der Waals surface area contributed by atoms with Crippen LogP contribution in [0.5, 0.6) is 5.75 Å². The van der Waals surface area contributed by atoms with E-state index in [0.717, 1.165) is 17.0 Å². The van der Waals surface area contributed by atoms with Gasteiger partial charge < -0.3 is 14.7 Å². The number of likely N-dealkylation sites (tertiary alicyclic amines) is 1. The summed E-state index contributed by atoms with van der Waals surface area (Å²) in [5.41, 5.74) is -2.35. The fourth-order valence-electron chi connectivity index (χ4n) is 2.51. The van der Waals surface area contributed by atoms with Crippen LogP contribution in [0.15, 0.2) is 24.3 Å². The normalized spacial score (nSPS) is 21.5. The number of nitrogens with zero attached hydrogens (tertiary/aromatic N) is 1. The zero-order chi connectivity index (χ0) is 18.9. The lowest BCUT2D eigenvalue weighted by atomic mass is 10.0. The number of carbonyl (C=O) groups excluding carboxylic acids is 1. The van der Waals surface area contributed by atoms with E-state index in [-0.39, 0.29) is 19.4 Å². The van der Waals surface area contributed by atoms with Gasteiger partial charge in [0.25, 0.3) is 0 Å². The van der Waals surface area contributed by atoms with E-state index in [1.807, 2.05) is 0 Å². The molecule has 2 rings (SSSR count). The van der Waals surface area contributed by atoms with E-state index in [9.17, 15) is 36.2 Å². The molecule has 140 valence electrons. The van der Waals surface area contributed by atoms with Crippen molar-refractivity contribution in [2.75, 3.05) is 13.1 Å². The van der Waals surface area contributed by atoms with Crippen LogP contribution in [0.4, 0.5) is 26.3 Å². The molecule has 1 aromatic rings. The molecule has 0 bridgehead atoms. The van der Waals surface area contributed by atoms with Crippen molar-refractivity contribution in [3.05, 3.63) is 29.8 Å². The minimum atomic E-state index is -4.81. The number of amides is 1. The molecule has 1 N–H and O–H groups in total. The number of alkyl halides is 6. The smallest absolute Gasteiger partial charge is 0.406 e. The van der Waals surface area contributed by atoms with E-state index in [4.69, 9.17) is 0 Å². The van der Waals surface area contributed by atoms with Gasteiger partial charge in [0.05, 0.1) is 6.54 Å². The number of benzene rings is 1. The summed E-state index contributed by atoms with van der Waals surface area (Å²) in [6, 6.07) is 4.85. The first-order valence-corrected chi connectivity index (χ1v) is 7.31. The molecule has 1 atom stereocenters. The van der Waals surface area contributed by atoms with Crippen LogP contribution >= 0.6 is 0 Å². The molecule has 0 spiro atoms. The maximum atomic E-state index is 12.7. The molecule has 1 amide bonds. The van der Waals surface area contributed by atoms with Gasteiger partial charge in [-0.3, -0.25) is 4.79 Å². The summed E-state index contributed by atoms with van der Waals surface area (Å²) < 4.78 is 78.0. The SMILES string of the molecule is O=C(CCc1ccc(OC(F)(F)F)cc1)N1CCC(O)(C(F)(F)F)C1. The van der Waals surface area contributed by atoms with Crippen molar-refractivity contribution in [1.82, 2.24) is 4.90 Å². The van der Waals surface area contributed by atoms with Gasteiger partial charge in [0.1, 0.15) is 5.75 Å². The minimum Gasteiger partial charge on any atom is -0.406 e. The largest absolute Gasteiger partial charge is 0.573 e. The highest BCUT2D eigenvalue weighted by molar-refractivity contribution is 5.77. The summed E-state index contributed by atoms with van der Waals surface area (Å²) >= 11 is 0. The lowest BCUT2D eigenvalue weighted by Gasteiger charge is -2.25. The molecule has 1 aliphatic heterocycles. The highest BCUT2D eigenvalue weighted by atomic mass is 19.4. The van der Waals surface area contributed by atoms with E-state index in [2.05, 4.69) is 4.74 Å². The second-order valence-corrected chi connectivity index (χ2v) is 5.79. The summed E-state index contributed by atoms with van der Waals surface area (Å²) in [6.45, 7) is -1.01. The van der Waals surface area contributed by atoms with Crippen LogP contribution in [0.1, 0.15) is 18.4 Å². The van der Waals surface area contributed by atoms with Gasteiger partial charge in [-0.2, -0.15) is 13.2 Å². The molecule has 25 heavy (non-hydrogen) atoms. The van der Waals surface area contributed by atoms with E-state index in [1.54, 1.807) is 0 Å². The number of aliphatic hydroxyl groups is 1. The third-order valence-electron chi connectivity index (χ3n) is 3.91. The van der Waals surface area contributed by atoms with E-state index in [1.165, 1.54) is 12.1 Å². The second-order valence-electron chi connectivity index (χ2n) is 5.79. The standard InChI is InChI=1S/C15H15F6NO3/c16-14(17,18)13(24)7-8-22(9-13)12(23)6-3-10-1-4-11(5-2-10)25-15(19,20)21/h1-2,4-5,24H,3,6-9H2. The number of hydrogen-bond donors (Lipinski definition) is 1. The quantitative estimate of drug-likeness (QED) is 0.828. The van der Waals surface area contributed by atoms with Gasteiger partial charge in [0, 0.05) is 19.4 Å². The average molecular weight is 371 g/mol. The zero-order valence-corrected chi connectivity index (χ0v) is 12.8. The summed E-state index contributed by atoms with van der Waals surface area (Å²) in [4.78, 5) is 12.9. The van der Waals surface area contributed by atoms with E-state index >= 15 is 0 Å². The van der Waals surface area contributed by atoms with Crippen molar-refractivity contribution in [3.63, 3.8) is 0 Å². The predicted octanol–water partition coefficient (Wildman–Crippen LogP) is 3.04. The Labute approximate surface area is 139 Å². The van der Waals surface area contributed by atoms with Gasteiger partial charge >= 0.3 is 12.5 Å². The lowest BCUT2D eigenvalue weighted by molar-refractivity contribution is -0.274. The molecule has 1 aromatic carbocycles. The number of hydrogen-bond acceptors (Lipinski definition) is 3. The van der Waals surface area contributed by atoms with Crippen LogP contribution in [0.25, 0.3) is 0 Å². The monoisotopic (exact) mass is 371 g/mol. The van der Waals surface area contributed by atoms with Crippen molar-refractivity contribution in [1.29, 1.82) is 0 Å². The molecule has 10 heteroatoms. The van der Waals surface area contributed by atoms with Crippen molar-refractivity contribution in [3.8, 4) is 5.75 Å². The fraction of sp³-hybridized carbons (Fsp3) is 0.533. The topological polar surface area (TPSA) is 49.8 Å². The number of halogens is 6. The van der Waals surface area contributed by atoms with Crippen LogP contribution in [0.2, 0.25) is 0 Å². The number of ether oxygens (including phenoxy) is 1. The van der Waals surface area contributed by atoms with Crippen molar-refractivity contribution >= 4 is 5.91 Å². The molecule has 1 heterocycles. The van der Waals surface area contributed by atoms with Gasteiger partial charge in [0.2, 0.25) is 5.91 Å². The second kappa shape index (κ2) is 6.74. The Bertz CT molecular complexity index is 613. The highest BCUT2D eigenvalue weighted by Gasteiger charge is 2.57. The molecule has 0 radical (unpaired) electrons. The predicted molar refractivity (Wildman–Crippen MR) is 73.6 cm³/mol. The number of carbonyl (C=O) groups is 1. The molecule has 1 unspecified atom stereocenters. The van der Waals surface area contributed by atoms with Gasteiger partial charge in [0.15, 0.2) is 5.60 Å². The third-order valence-corrected chi connectivity index (χ3v) is 3.91. The summed E-state index contributed by atoms with van der Waals surface area (Å²) in [5, 5.41) is 9.53. The van der Waals surface area contributed by atoms with Gasteiger partial charge in [-0.15, -0.1) is 13.2 Å². The Kier molecular flexibility index (Phi) is 5.22. The summed E-state index contributed by atoms with van der Waals surface area (Å²) in [7, 11) is 0. The lowest BCUT2D eigenvalue weighted by Crippen LogP contribution is -2.48. The first kappa shape index (κ1) is 19.4. The van der Waals surface area contributed by atoms with E-state index in [0.29, 0.717) is 5.56 Å². The summed E-state index contributed by atoms with van der Waals surface area (Å²) in [6.07, 6.45) is -10.2. The number of rotatable bonds is 4. The average Bonchev–Trinajstić information content (AvgIpc) is 2.88. The van der Waals surface area contributed by atoms with Crippen LogP contribution in [-0.2, 0) is 11.2 Å².